The predicted molar refractivity (Wildman–Crippen MR) is 59.5 cm³/mol. The first-order valence-corrected chi connectivity index (χ1v) is 6.22. The standard InChI is InChI=1S/C10H7F4NO4S/c1-3(2)10(16)15-8-4(11)6(13)9(20(17,18)19)7(14)5(8)12/h1H2,2H3,(H,15,16)(H,17,18,19). The lowest BCUT2D eigenvalue weighted by atomic mass is 10.2. The highest BCUT2D eigenvalue weighted by molar-refractivity contribution is 7.85. The summed E-state index contributed by atoms with van der Waals surface area (Å²) in [6.45, 7) is 4.29. The highest BCUT2D eigenvalue weighted by Gasteiger charge is 2.32. The molecule has 1 aromatic carbocycles. The summed E-state index contributed by atoms with van der Waals surface area (Å²) in [6.07, 6.45) is 0. The minimum absolute atomic E-state index is 0.219. The fraction of sp³-hybridized carbons (Fsp3) is 0.100. The van der Waals surface area contributed by atoms with Crippen LogP contribution < -0.4 is 5.32 Å². The van der Waals surface area contributed by atoms with Crippen LogP contribution >= 0.6 is 0 Å². The lowest BCUT2D eigenvalue weighted by Gasteiger charge is -2.11. The SMILES string of the molecule is C=C(C)C(=O)Nc1c(F)c(F)c(S(=O)(=O)O)c(F)c1F. The quantitative estimate of drug-likeness (QED) is 0.387. The maximum Gasteiger partial charge on any atom is 0.300 e. The largest absolute Gasteiger partial charge is 0.317 e. The molecule has 2 N–H and O–H groups in total. The molecule has 0 spiro atoms. The Morgan fingerprint density at radius 2 is 1.50 bits per heavy atom. The minimum atomic E-state index is -5.53. The number of benzene rings is 1. The van der Waals surface area contributed by atoms with Gasteiger partial charge < -0.3 is 5.32 Å². The average Bonchev–Trinajstić information content (AvgIpc) is 2.30. The van der Waals surface area contributed by atoms with Gasteiger partial charge in [0.25, 0.3) is 5.91 Å². The molecule has 0 heterocycles. The molecule has 110 valence electrons. The summed E-state index contributed by atoms with van der Waals surface area (Å²) >= 11 is 0. The maximum absolute atomic E-state index is 13.5. The molecule has 0 aliphatic heterocycles. The first kappa shape index (κ1) is 16.1. The van der Waals surface area contributed by atoms with Crippen molar-refractivity contribution in [2.45, 2.75) is 11.8 Å². The number of carbonyl (C=O) groups is 1. The van der Waals surface area contributed by atoms with Crippen LogP contribution in [0.2, 0.25) is 0 Å². The topological polar surface area (TPSA) is 83.5 Å². The highest BCUT2D eigenvalue weighted by atomic mass is 32.2. The summed E-state index contributed by atoms with van der Waals surface area (Å²) in [6, 6.07) is 0. The second-order valence-corrected chi connectivity index (χ2v) is 5.03. The molecule has 0 fully saturated rings. The van der Waals surface area contributed by atoms with Crippen molar-refractivity contribution in [3.63, 3.8) is 0 Å². The number of amides is 1. The molecule has 5 nitrogen and oxygen atoms in total. The van der Waals surface area contributed by atoms with Gasteiger partial charge in [-0.2, -0.15) is 8.42 Å². The zero-order valence-corrected chi connectivity index (χ0v) is 10.6. The van der Waals surface area contributed by atoms with Crippen LogP contribution in [0.15, 0.2) is 17.0 Å². The fourth-order valence-electron chi connectivity index (χ4n) is 1.17. The molecule has 1 rings (SSSR count). The predicted octanol–water partition coefficient (Wildman–Crippen LogP) is 2.00. The molecule has 0 atom stereocenters. The van der Waals surface area contributed by atoms with Crippen molar-refractivity contribution >= 4 is 21.7 Å². The Labute approximate surface area is 110 Å². The molecule has 1 aromatic rings. The Bertz CT molecular complexity index is 685. The molecule has 0 saturated heterocycles. The summed E-state index contributed by atoms with van der Waals surface area (Å²) < 4.78 is 83.5. The number of nitrogens with one attached hydrogen (secondary N) is 1. The summed E-state index contributed by atoms with van der Waals surface area (Å²) in [7, 11) is -5.53. The van der Waals surface area contributed by atoms with E-state index in [0.29, 0.717) is 0 Å². The van der Waals surface area contributed by atoms with E-state index in [4.69, 9.17) is 4.55 Å². The van der Waals surface area contributed by atoms with Crippen LogP contribution in [0.3, 0.4) is 0 Å². The summed E-state index contributed by atoms with van der Waals surface area (Å²) in [5, 5.41) is 1.49. The first-order chi connectivity index (χ1) is 8.98. The number of carbonyl (C=O) groups excluding carboxylic acids is 1. The minimum Gasteiger partial charge on any atom is -0.317 e. The van der Waals surface area contributed by atoms with Crippen molar-refractivity contribution in [3.05, 3.63) is 35.4 Å². The zero-order chi connectivity index (χ0) is 15.8. The van der Waals surface area contributed by atoms with E-state index in [9.17, 15) is 30.8 Å². The van der Waals surface area contributed by atoms with E-state index >= 15 is 0 Å². The Morgan fingerprint density at radius 1 is 1.10 bits per heavy atom. The summed E-state index contributed by atoms with van der Waals surface area (Å²) in [4.78, 5) is 8.98. The van der Waals surface area contributed by atoms with Crippen LogP contribution in [0.1, 0.15) is 6.92 Å². The van der Waals surface area contributed by atoms with Crippen molar-refractivity contribution in [2.75, 3.05) is 5.32 Å². The number of anilines is 1. The van der Waals surface area contributed by atoms with Crippen molar-refractivity contribution in [1.29, 1.82) is 0 Å². The van der Waals surface area contributed by atoms with Crippen LogP contribution in [-0.4, -0.2) is 18.9 Å². The molecule has 0 aromatic heterocycles. The van der Waals surface area contributed by atoms with Gasteiger partial charge in [-0.3, -0.25) is 9.35 Å². The van der Waals surface area contributed by atoms with Gasteiger partial charge in [-0.05, 0) is 6.92 Å². The van der Waals surface area contributed by atoms with Gasteiger partial charge in [-0.25, -0.2) is 17.6 Å². The lowest BCUT2D eigenvalue weighted by molar-refractivity contribution is -0.112. The van der Waals surface area contributed by atoms with E-state index in [1.165, 1.54) is 5.32 Å². The second-order valence-electron chi connectivity index (χ2n) is 3.67. The first-order valence-electron chi connectivity index (χ1n) is 4.78. The maximum atomic E-state index is 13.5. The third-order valence-corrected chi connectivity index (χ3v) is 2.98. The van der Waals surface area contributed by atoms with Crippen LogP contribution in [0.25, 0.3) is 0 Å². The number of halogens is 4. The van der Waals surface area contributed by atoms with Crippen molar-refractivity contribution in [2.24, 2.45) is 0 Å². The molecule has 0 unspecified atom stereocenters. The molecule has 1 amide bonds. The fourth-order valence-corrected chi connectivity index (χ4v) is 1.80. The molecule has 0 saturated carbocycles. The Hall–Kier alpha value is -1.94. The molecule has 0 aliphatic rings. The van der Waals surface area contributed by atoms with Gasteiger partial charge in [-0.1, -0.05) is 6.58 Å². The van der Waals surface area contributed by atoms with Gasteiger partial charge in [0.2, 0.25) is 0 Å². The summed E-state index contributed by atoms with van der Waals surface area (Å²) in [5.74, 6) is -10.2. The van der Waals surface area contributed by atoms with E-state index in [0.717, 1.165) is 6.92 Å². The highest BCUT2D eigenvalue weighted by Crippen LogP contribution is 2.30. The molecular formula is C10H7F4NO4S. The van der Waals surface area contributed by atoms with Crippen molar-refractivity contribution in [1.82, 2.24) is 0 Å². The third kappa shape index (κ3) is 2.80. The smallest absolute Gasteiger partial charge is 0.300 e. The van der Waals surface area contributed by atoms with Crippen LogP contribution in [0.4, 0.5) is 23.2 Å². The Morgan fingerprint density at radius 3 is 1.80 bits per heavy atom. The van der Waals surface area contributed by atoms with E-state index in [1.807, 2.05) is 0 Å². The molecule has 20 heavy (non-hydrogen) atoms. The second kappa shape index (κ2) is 5.21. The van der Waals surface area contributed by atoms with Gasteiger partial charge in [0.05, 0.1) is 0 Å². The van der Waals surface area contributed by atoms with Gasteiger partial charge >= 0.3 is 10.1 Å². The molecule has 0 bridgehead atoms. The monoisotopic (exact) mass is 313 g/mol. The van der Waals surface area contributed by atoms with Crippen LogP contribution in [0, 0.1) is 23.3 Å². The van der Waals surface area contributed by atoms with Gasteiger partial charge in [0, 0.05) is 5.57 Å². The third-order valence-electron chi connectivity index (χ3n) is 2.11. The summed E-state index contributed by atoms with van der Waals surface area (Å²) in [5.41, 5.74) is -1.75. The van der Waals surface area contributed by atoms with Crippen LogP contribution in [0.5, 0.6) is 0 Å². The van der Waals surface area contributed by atoms with Crippen molar-refractivity contribution in [3.8, 4) is 0 Å². The normalized spacial score (nSPS) is 11.3. The van der Waals surface area contributed by atoms with E-state index < -0.39 is 49.9 Å². The van der Waals surface area contributed by atoms with Crippen LogP contribution in [-0.2, 0) is 14.9 Å². The number of rotatable bonds is 3. The molecule has 0 aliphatic carbocycles. The van der Waals surface area contributed by atoms with Crippen molar-refractivity contribution < 1.29 is 35.3 Å². The van der Waals surface area contributed by atoms with Gasteiger partial charge in [0.15, 0.2) is 28.2 Å². The number of hydrogen-bond donors (Lipinski definition) is 2. The molecule has 0 radical (unpaired) electrons. The van der Waals surface area contributed by atoms with E-state index in [2.05, 4.69) is 6.58 Å². The molecule has 10 heteroatoms. The van der Waals surface area contributed by atoms with Gasteiger partial charge in [-0.15, -0.1) is 0 Å². The number of hydrogen-bond acceptors (Lipinski definition) is 3. The Balaban J connectivity index is 3.61. The average molecular weight is 313 g/mol. The zero-order valence-electron chi connectivity index (χ0n) is 9.80. The lowest BCUT2D eigenvalue weighted by Crippen LogP contribution is -2.18. The van der Waals surface area contributed by atoms with E-state index in [-0.39, 0.29) is 5.57 Å². The Kier molecular flexibility index (Phi) is 4.20. The molecular weight excluding hydrogens is 306 g/mol. The van der Waals surface area contributed by atoms with Gasteiger partial charge in [0.1, 0.15) is 5.69 Å². The van der Waals surface area contributed by atoms with E-state index in [1.54, 1.807) is 0 Å².